The molecule has 1 unspecified atom stereocenters. The van der Waals surface area contributed by atoms with Gasteiger partial charge >= 0.3 is 6.18 Å². The van der Waals surface area contributed by atoms with Gasteiger partial charge in [-0.05, 0) is 25.9 Å². The fourth-order valence-corrected chi connectivity index (χ4v) is 4.13. The third-order valence-corrected chi connectivity index (χ3v) is 5.79. The van der Waals surface area contributed by atoms with Crippen LogP contribution in [-0.4, -0.2) is 73.0 Å². The predicted octanol–water partition coefficient (Wildman–Crippen LogP) is 0.411. The molecule has 5 nitrogen and oxygen atoms in total. The van der Waals surface area contributed by atoms with Crippen LogP contribution in [0, 0.1) is 0 Å². The van der Waals surface area contributed by atoms with E-state index < -0.39 is 34.8 Å². The normalized spacial score (nSPS) is 30.2. The molecule has 0 aromatic heterocycles. The van der Waals surface area contributed by atoms with Crippen LogP contribution in [0.15, 0.2) is 0 Å². The van der Waals surface area contributed by atoms with Gasteiger partial charge in [0.25, 0.3) is 0 Å². The summed E-state index contributed by atoms with van der Waals surface area (Å²) < 4.78 is 62.8. The van der Waals surface area contributed by atoms with Gasteiger partial charge in [0, 0.05) is 19.5 Å². The number of sulfonamides is 1. The van der Waals surface area contributed by atoms with Gasteiger partial charge in [0.15, 0.2) is 5.60 Å². The zero-order chi connectivity index (χ0) is 15.0. The summed E-state index contributed by atoms with van der Waals surface area (Å²) in [4.78, 5) is 1.99. The van der Waals surface area contributed by atoms with Gasteiger partial charge in [-0.1, -0.05) is 0 Å². The van der Waals surface area contributed by atoms with Crippen LogP contribution in [-0.2, 0) is 10.0 Å². The van der Waals surface area contributed by atoms with E-state index in [2.05, 4.69) is 0 Å². The number of rotatable bonds is 4. The molecule has 9 heteroatoms. The first kappa shape index (κ1) is 16.0. The van der Waals surface area contributed by atoms with E-state index in [1.165, 1.54) is 0 Å². The molecule has 2 heterocycles. The summed E-state index contributed by atoms with van der Waals surface area (Å²) in [5.41, 5.74) is -2.91. The van der Waals surface area contributed by atoms with Gasteiger partial charge in [-0.15, -0.1) is 0 Å². The van der Waals surface area contributed by atoms with Crippen LogP contribution in [0.1, 0.15) is 19.3 Å². The van der Waals surface area contributed by atoms with Crippen molar-refractivity contribution >= 4 is 10.0 Å². The molecule has 2 aliphatic rings. The van der Waals surface area contributed by atoms with Crippen molar-refractivity contribution in [3.8, 4) is 0 Å². The zero-order valence-corrected chi connectivity index (χ0v) is 11.9. The SMILES string of the molecule is O=S(=O)(CCN1CCCC1)N1CCC(O)(C(F)(F)F)C1. The Morgan fingerprint density at radius 2 is 1.75 bits per heavy atom. The molecule has 2 rings (SSSR count). The van der Waals surface area contributed by atoms with E-state index >= 15 is 0 Å². The molecule has 0 saturated carbocycles. The summed E-state index contributed by atoms with van der Waals surface area (Å²) in [5.74, 6) is -0.194. The Morgan fingerprint density at radius 3 is 2.25 bits per heavy atom. The second kappa shape index (κ2) is 5.43. The number of hydrogen-bond donors (Lipinski definition) is 1. The molecule has 2 fully saturated rings. The van der Waals surface area contributed by atoms with Gasteiger partial charge in [-0.2, -0.15) is 17.5 Å². The minimum absolute atomic E-state index is 0.194. The Morgan fingerprint density at radius 1 is 1.15 bits per heavy atom. The highest BCUT2D eigenvalue weighted by Crippen LogP contribution is 2.38. The van der Waals surface area contributed by atoms with Gasteiger partial charge in [-0.3, -0.25) is 0 Å². The maximum Gasteiger partial charge on any atom is 0.418 e. The largest absolute Gasteiger partial charge is 0.418 e. The van der Waals surface area contributed by atoms with Crippen molar-refractivity contribution in [3.63, 3.8) is 0 Å². The summed E-state index contributed by atoms with van der Waals surface area (Å²) >= 11 is 0. The van der Waals surface area contributed by atoms with Crippen LogP contribution in [0.4, 0.5) is 13.2 Å². The average Bonchev–Trinajstić information content (AvgIpc) is 2.95. The standard InChI is InChI=1S/C11H19F3N2O3S/c12-11(13,14)10(17)3-6-16(9-10)20(18,19)8-7-15-4-1-2-5-15/h17H,1-9H2. The molecule has 0 amide bonds. The molecule has 1 atom stereocenters. The molecule has 0 bridgehead atoms. The predicted molar refractivity (Wildman–Crippen MR) is 66.7 cm³/mol. The smallest absolute Gasteiger partial charge is 0.379 e. The average molecular weight is 316 g/mol. The van der Waals surface area contributed by atoms with E-state index in [9.17, 15) is 26.7 Å². The fourth-order valence-electron chi connectivity index (χ4n) is 2.61. The Balaban J connectivity index is 1.94. The number of halogens is 3. The van der Waals surface area contributed by atoms with Crippen LogP contribution in [0.5, 0.6) is 0 Å². The molecule has 0 aromatic rings. The monoisotopic (exact) mass is 316 g/mol. The quantitative estimate of drug-likeness (QED) is 0.816. The Labute approximate surface area is 116 Å². The number of β-amino-alcohol motifs (C(OH)–C–C–N with tert-alkyl or cyclic N) is 1. The van der Waals surface area contributed by atoms with Crippen molar-refractivity contribution in [2.45, 2.75) is 31.0 Å². The van der Waals surface area contributed by atoms with Crippen molar-refractivity contribution < 1.29 is 26.7 Å². The van der Waals surface area contributed by atoms with Crippen molar-refractivity contribution in [2.24, 2.45) is 0 Å². The Kier molecular flexibility index (Phi) is 4.35. The highest BCUT2D eigenvalue weighted by Gasteiger charge is 2.58. The summed E-state index contributed by atoms with van der Waals surface area (Å²) in [5, 5.41) is 9.50. The van der Waals surface area contributed by atoms with Crippen LogP contribution in [0.2, 0.25) is 0 Å². The lowest BCUT2D eigenvalue weighted by atomic mass is 10.0. The zero-order valence-electron chi connectivity index (χ0n) is 11.1. The molecule has 2 aliphatic heterocycles. The van der Waals surface area contributed by atoms with Gasteiger partial charge in [0.05, 0.1) is 12.3 Å². The van der Waals surface area contributed by atoms with Crippen LogP contribution in [0.3, 0.4) is 0 Å². The second-order valence-corrected chi connectivity index (χ2v) is 7.57. The van der Waals surface area contributed by atoms with E-state index in [0.29, 0.717) is 6.54 Å². The first-order chi connectivity index (χ1) is 9.14. The van der Waals surface area contributed by atoms with Crippen molar-refractivity contribution in [3.05, 3.63) is 0 Å². The molecule has 118 valence electrons. The summed E-state index contributed by atoms with van der Waals surface area (Å²) in [6.45, 7) is 0.838. The van der Waals surface area contributed by atoms with Crippen molar-refractivity contribution in [2.75, 3.05) is 38.5 Å². The number of alkyl halides is 3. The third-order valence-electron chi connectivity index (χ3n) is 4.00. The number of aliphatic hydroxyl groups is 1. The Bertz CT molecular complexity index is 448. The van der Waals surface area contributed by atoms with Gasteiger partial charge in [0.2, 0.25) is 10.0 Å². The maximum atomic E-state index is 12.7. The summed E-state index contributed by atoms with van der Waals surface area (Å²) in [6.07, 6.45) is -3.35. The molecule has 0 aliphatic carbocycles. The van der Waals surface area contributed by atoms with Gasteiger partial charge in [-0.25, -0.2) is 8.42 Å². The number of nitrogens with zero attached hydrogens (tertiary/aromatic N) is 2. The first-order valence-electron chi connectivity index (χ1n) is 6.63. The van der Waals surface area contributed by atoms with Gasteiger partial charge in [0.1, 0.15) is 0 Å². The van der Waals surface area contributed by atoms with E-state index in [-0.39, 0.29) is 12.3 Å². The molecular formula is C11H19F3N2O3S. The van der Waals surface area contributed by atoms with Crippen LogP contribution >= 0.6 is 0 Å². The minimum atomic E-state index is -4.80. The lowest BCUT2D eigenvalue weighted by Gasteiger charge is -2.26. The van der Waals surface area contributed by atoms with Crippen molar-refractivity contribution in [1.82, 2.24) is 9.21 Å². The molecule has 1 N–H and O–H groups in total. The van der Waals surface area contributed by atoms with Crippen LogP contribution < -0.4 is 0 Å². The maximum absolute atomic E-state index is 12.7. The van der Waals surface area contributed by atoms with E-state index in [4.69, 9.17) is 0 Å². The second-order valence-electron chi connectivity index (χ2n) is 5.48. The van der Waals surface area contributed by atoms with E-state index in [0.717, 1.165) is 30.2 Å². The number of likely N-dealkylation sites (tertiary alicyclic amines) is 1. The highest BCUT2D eigenvalue weighted by atomic mass is 32.2. The third kappa shape index (κ3) is 3.26. The molecular weight excluding hydrogens is 297 g/mol. The molecule has 2 saturated heterocycles. The lowest BCUT2D eigenvalue weighted by molar-refractivity contribution is -0.252. The van der Waals surface area contributed by atoms with Gasteiger partial charge < -0.3 is 10.0 Å². The molecule has 0 spiro atoms. The van der Waals surface area contributed by atoms with Crippen LogP contribution in [0.25, 0.3) is 0 Å². The van der Waals surface area contributed by atoms with E-state index in [1.54, 1.807) is 0 Å². The molecule has 0 radical (unpaired) electrons. The fraction of sp³-hybridized carbons (Fsp3) is 1.00. The van der Waals surface area contributed by atoms with E-state index in [1.807, 2.05) is 4.90 Å². The molecule has 20 heavy (non-hydrogen) atoms. The van der Waals surface area contributed by atoms with Crippen molar-refractivity contribution in [1.29, 1.82) is 0 Å². The minimum Gasteiger partial charge on any atom is -0.379 e. The topological polar surface area (TPSA) is 60.9 Å². The first-order valence-corrected chi connectivity index (χ1v) is 8.24. The summed E-state index contributed by atoms with van der Waals surface area (Å²) in [7, 11) is -3.75. The number of hydrogen-bond acceptors (Lipinski definition) is 4. The highest BCUT2D eigenvalue weighted by molar-refractivity contribution is 7.89. The Hall–Kier alpha value is -0.380. The molecule has 0 aromatic carbocycles. The lowest BCUT2D eigenvalue weighted by Crippen LogP contribution is -2.48. The summed E-state index contributed by atoms with van der Waals surface area (Å²) in [6, 6.07) is 0.